The Labute approximate surface area is 217 Å². The fourth-order valence-corrected chi connectivity index (χ4v) is 5.85. The van der Waals surface area contributed by atoms with Crippen LogP contribution in [0.2, 0.25) is 0 Å². The molecule has 37 heavy (non-hydrogen) atoms. The molecule has 2 heterocycles. The Morgan fingerprint density at radius 2 is 1.84 bits per heavy atom. The number of allylic oxidation sites excluding steroid dienone is 1. The topological polar surface area (TPSA) is 51.6 Å². The number of ether oxygens (including phenoxy) is 1. The van der Waals surface area contributed by atoms with E-state index in [1.54, 1.807) is 6.26 Å². The van der Waals surface area contributed by atoms with Gasteiger partial charge in [-0.3, -0.25) is 9.29 Å². The molecule has 0 saturated carbocycles. The predicted octanol–water partition coefficient (Wildman–Crippen LogP) is 7.12. The smallest absolute Gasteiger partial charge is 0.133 e. The zero-order valence-corrected chi connectivity index (χ0v) is 21.1. The molecule has 4 nitrogen and oxygen atoms in total. The molecule has 1 aliphatic heterocycles. The minimum Gasteiger partial charge on any atom is -0.489 e. The molecular weight excluding hydrogens is 463 g/mol. The highest BCUT2D eigenvalue weighted by atomic mass is 19.1. The number of furan rings is 1. The maximum atomic E-state index is 12.5. The molecule has 3 aromatic carbocycles. The van der Waals surface area contributed by atoms with Crippen molar-refractivity contribution in [3.05, 3.63) is 95.2 Å². The van der Waals surface area contributed by atoms with Crippen molar-refractivity contribution < 1.29 is 13.5 Å². The van der Waals surface area contributed by atoms with Crippen LogP contribution in [0.4, 0.5) is 10.1 Å². The van der Waals surface area contributed by atoms with Gasteiger partial charge in [-0.15, -0.1) is 0 Å². The van der Waals surface area contributed by atoms with Crippen molar-refractivity contribution in [2.45, 2.75) is 38.2 Å². The molecule has 190 valence electrons. The maximum absolute atomic E-state index is 12.5. The summed E-state index contributed by atoms with van der Waals surface area (Å²) in [5, 5.41) is 1.12. The van der Waals surface area contributed by atoms with E-state index in [9.17, 15) is 4.39 Å². The van der Waals surface area contributed by atoms with Crippen LogP contribution in [0.3, 0.4) is 0 Å². The Morgan fingerprint density at radius 1 is 0.973 bits per heavy atom. The van der Waals surface area contributed by atoms with E-state index in [-0.39, 0.29) is 12.8 Å². The van der Waals surface area contributed by atoms with Crippen LogP contribution in [0.5, 0.6) is 5.75 Å². The van der Waals surface area contributed by atoms with Crippen LogP contribution in [0.15, 0.2) is 77.4 Å². The van der Waals surface area contributed by atoms with Crippen molar-refractivity contribution in [3.8, 4) is 5.75 Å². The Morgan fingerprint density at radius 3 is 2.70 bits per heavy atom. The zero-order chi connectivity index (χ0) is 25.2. The standard InChI is InChI=1S/C32H33FN2O2/c33-15-2-16-35-17-13-28(21-35)37-27-9-5-22(6-10-27)32-29(24-7-12-31-25(19-24)14-18-36-31)4-1-3-23-20-26(34)8-11-30(23)32/h5-12,14,18-20,28H,1-4,13,15-17,21,34H2. The normalized spacial score (nSPS) is 18.2. The average Bonchev–Trinajstić information content (AvgIpc) is 3.53. The number of likely N-dealkylation sites (tertiary alicyclic amines) is 1. The lowest BCUT2D eigenvalue weighted by atomic mass is 9.87. The lowest BCUT2D eigenvalue weighted by molar-refractivity contribution is 0.198. The van der Waals surface area contributed by atoms with Gasteiger partial charge >= 0.3 is 0 Å². The highest BCUT2D eigenvalue weighted by Crippen LogP contribution is 2.41. The molecule has 1 saturated heterocycles. The first-order chi connectivity index (χ1) is 18.2. The van der Waals surface area contributed by atoms with Gasteiger partial charge in [-0.05, 0) is 108 Å². The second-order valence-corrected chi connectivity index (χ2v) is 10.2. The van der Waals surface area contributed by atoms with Gasteiger partial charge in [0.05, 0.1) is 12.9 Å². The highest BCUT2D eigenvalue weighted by molar-refractivity contribution is 6.01. The average molecular weight is 497 g/mol. The van der Waals surface area contributed by atoms with Gasteiger partial charge in [0, 0.05) is 30.7 Å². The molecular formula is C32H33FN2O2. The summed E-state index contributed by atoms with van der Waals surface area (Å²) < 4.78 is 24.4. The van der Waals surface area contributed by atoms with Crippen molar-refractivity contribution >= 4 is 27.8 Å². The Bertz CT molecular complexity index is 1420. The summed E-state index contributed by atoms with van der Waals surface area (Å²) in [4.78, 5) is 2.29. The summed E-state index contributed by atoms with van der Waals surface area (Å²) in [6.45, 7) is 2.38. The molecule has 1 aliphatic carbocycles. The first-order valence-corrected chi connectivity index (χ1v) is 13.3. The van der Waals surface area contributed by atoms with Gasteiger partial charge in [0.2, 0.25) is 0 Å². The van der Waals surface area contributed by atoms with Crippen molar-refractivity contribution in [1.29, 1.82) is 0 Å². The molecule has 2 N–H and O–H groups in total. The molecule has 0 spiro atoms. The quantitative estimate of drug-likeness (QED) is 0.277. The predicted molar refractivity (Wildman–Crippen MR) is 148 cm³/mol. The number of halogens is 1. The van der Waals surface area contributed by atoms with Crippen LogP contribution in [0, 0.1) is 0 Å². The fourth-order valence-electron chi connectivity index (χ4n) is 5.85. The van der Waals surface area contributed by atoms with Gasteiger partial charge in [0.1, 0.15) is 17.4 Å². The number of nitrogen functional groups attached to an aromatic ring is 1. The second kappa shape index (κ2) is 10.4. The molecule has 0 amide bonds. The molecule has 1 fully saturated rings. The van der Waals surface area contributed by atoms with Crippen LogP contribution in [0.25, 0.3) is 22.1 Å². The molecule has 0 bridgehead atoms. The summed E-state index contributed by atoms with van der Waals surface area (Å²) in [7, 11) is 0. The molecule has 5 heteroatoms. The minimum atomic E-state index is -0.257. The number of nitrogens with zero attached hydrogens (tertiary/aromatic N) is 1. The van der Waals surface area contributed by atoms with E-state index in [2.05, 4.69) is 59.5 Å². The summed E-state index contributed by atoms with van der Waals surface area (Å²) in [5.41, 5.74) is 15.5. The van der Waals surface area contributed by atoms with Gasteiger partial charge in [-0.1, -0.05) is 24.3 Å². The number of rotatable bonds is 7. The van der Waals surface area contributed by atoms with Crippen LogP contribution < -0.4 is 10.5 Å². The van der Waals surface area contributed by atoms with E-state index in [1.807, 2.05) is 12.1 Å². The SMILES string of the molecule is Nc1ccc2c(c1)CCCC(c1ccc3occc3c1)=C2c1ccc(OC2CCN(CCCF)C2)cc1. The largest absolute Gasteiger partial charge is 0.489 e. The highest BCUT2D eigenvalue weighted by Gasteiger charge is 2.24. The third-order valence-electron chi connectivity index (χ3n) is 7.66. The van der Waals surface area contributed by atoms with Gasteiger partial charge in [-0.25, -0.2) is 0 Å². The Kier molecular flexibility index (Phi) is 6.71. The van der Waals surface area contributed by atoms with Gasteiger partial charge in [-0.2, -0.15) is 0 Å². The number of fused-ring (bicyclic) bond motifs is 2. The first kappa shape index (κ1) is 23.8. The lowest BCUT2D eigenvalue weighted by Crippen LogP contribution is -2.26. The number of aryl methyl sites for hydroxylation is 1. The monoisotopic (exact) mass is 496 g/mol. The van der Waals surface area contributed by atoms with Crippen LogP contribution in [-0.4, -0.2) is 37.3 Å². The minimum absolute atomic E-state index is 0.156. The van der Waals surface area contributed by atoms with Gasteiger partial charge in [0.15, 0.2) is 0 Å². The van der Waals surface area contributed by atoms with Crippen molar-refractivity contribution in [3.63, 3.8) is 0 Å². The van der Waals surface area contributed by atoms with Crippen molar-refractivity contribution in [2.75, 3.05) is 32.0 Å². The summed E-state index contributed by atoms with van der Waals surface area (Å²) >= 11 is 0. The molecule has 1 unspecified atom stereocenters. The Hall–Kier alpha value is -3.57. The number of benzene rings is 3. The summed E-state index contributed by atoms with van der Waals surface area (Å²) in [6, 6.07) is 23.4. The molecule has 4 aromatic rings. The third-order valence-corrected chi connectivity index (χ3v) is 7.66. The van der Waals surface area contributed by atoms with Crippen molar-refractivity contribution in [2.24, 2.45) is 0 Å². The zero-order valence-electron chi connectivity index (χ0n) is 21.1. The van der Waals surface area contributed by atoms with E-state index in [0.29, 0.717) is 6.42 Å². The third kappa shape index (κ3) is 5.01. The van der Waals surface area contributed by atoms with Crippen LogP contribution in [-0.2, 0) is 6.42 Å². The van der Waals surface area contributed by atoms with E-state index >= 15 is 0 Å². The molecule has 1 aromatic heterocycles. The number of alkyl halides is 1. The number of hydrogen-bond donors (Lipinski definition) is 1. The van der Waals surface area contributed by atoms with E-state index in [0.717, 1.165) is 67.7 Å². The number of nitrogens with two attached hydrogens (primary N) is 1. The van der Waals surface area contributed by atoms with Gasteiger partial charge in [0.25, 0.3) is 0 Å². The molecule has 6 rings (SSSR count). The van der Waals surface area contributed by atoms with Crippen LogP contribution in [0.1, 0.15) is 47.9 Å². The first-order valence-electron chi connectivity index (χ1n) is 13.3. The fraction of sp³-hybridized carbons (Fsp3) is 0.312. The molecule has 1 atom stereocenters. The summed E-state index contributed by atoms with van der Waals surface area (Å²) in [6.07, 6.45) is 6.54. The maximum Gasteiger partial charge on any atom is 0.133 e. The number of hydrogen-bond acceptors (Lipinski definition) is 4. The lowest BCUT2D eigenvalue weighted by Gasteiger charge is -2.19. The molecule has 0 radical (unpaired) electrons. The number of anilines is 1. The van der Waals surface area contributed by atoms with E-state index < -0.39 is 0 Å². The van der Waals surface area contributed by atoms with E-state index in [4.69, 9.17) is 14.9 Å². The van der Waals surface area contributed by atoms with Gasteiger partial charge < -0.3 is 14.9 Å². The van der Waals surface area contributed by atoms with Crippen LogP contribution >= 0.6 is 0 Å². The van der Waals surface area contributed by atoms with E-state index in [1.165, 1.54) is 33.4 Å². The molecule has 2 aliphatic rings. The second-order valence-electron chi connectivity index (χ2n) is 10.2. The van der Waals surface area contributed by atoms with Crippen molar-refractivity contribution in [1.82, 2.24) is 4.90 Å². The Balaban J connectivity index is 1.35. The summed E-state index contributed by atoms with van der Waals surface area (Å²) in [5.74, 6) is 0.884.